The zero-order valence-electron chi connectivity index (χ0n) is 9.71. The molecule has 1 amide bonds. The van der Waals surface area contributed by atoms with Crippen molar-refractivity contribution in [2.45, 2.75) is 0 Å². The number of anilines is 1. The monoisotopic (exact) mass is 241 g/mol. The average Bonchev–Trinajstić information content (AvgIpc) is 2.95. The molecule has 0 aliphatic carbocycles. The van der Waals surface area contributed by atoms with E-state index < -0.39 is 0 Å². The molecule has 0 aliphatic rings. The van der Waals surface area contributed by atoms with E-state index in [1.807, 2.05) is 24.3 Å². The van der Waals surface area contributed by atoms with Crippen molar-refractivity contribution in [3.8, 4) is 0 Å². The molecule has 0 atom stereocenters. The third kappa shape index (κ3) is 1.84. The topological polar surface area (TPSA) is 75.6 Å². The van der Waals surface area contributed by atoms with Crippen LogP contribution in [-0.2, 0) is 7.05 Å². The Balaban J connectivity index is 1.87. The van der Waals surface area contributed by atoms with Gasteiger partial charge in [0.15, 0.2) is 5.82 Å². The number of nitrogens with zero attached hydrogens (tertiary/aromatic N) is 3. The Labute approximate surface area is 103 Å². The van der Waals surface area contributed by atoms with Crippen molar-refractivity contribution in [1.29, 1.82) is 0 Å². The van der Waals surface area contributed by atoms with Crippen LogP contribution in [0, 0.1) is 0 Å². The summed E-state index contributed by atoms with van der Waals surface area (Å²) in [7, 11) is 1.69. The van der Waals surface area contributed by atoms with E-state index in [0.29, 0.717) is 11.5 Å². The van der Waals surface area contributed by atoms with E-state index in [9.17, 15) is 4.79 Å². The lowest BCUT2D eigenvalue weighted by Gasteiger charge is -1.97. The highest BCUT2D eigenvalue weighted by atomic mass is 16.2. The minimum atomic E-state index is -0.230. The molecule has 18 heavy (non-hydrogen) atoms. The lowest BCUT2D eigenvalue weighted by Crippen LogP contribution is -2.12. The van der Waals surface area contributed by atoms with Crippen LogP contribution in [0.5, 0.6) is 0 Å². The first-order valence-corrected chi connectivity index (χ1v) is 5.48. The first-order chi connectivity index (χ1) is 8.72. The van der Waals surface area contributed by atoms with Gasteiger partial charge in [0.25, 0.3) is 5.91 Å². The fraction of sp³-hybridized carbons (Fsp3) is 0.0833. The second kappa shape index (κ2) is 3.99. The van der Waals surface area contributed by atoms with Crippen molar-refractivity contribution in [2.24, 2.45) is 7.05 Å². The Kier molecular flexibility index (Phi) is 2.33. The van der Waals surface area contributed by atoms with Gasteiger partial charge in [-0.25, -0.2) is 0 Å². The summed E-state index contributed by atoms with van der Waals surface area (Å²) in [4.78, 5) is 16.4. The Morgan fingerprint density at radius 1 is 1.39 bits per heavy atom. The summed E-state index contributed by atoms with van der Waals surface area (Å²) < 4.78 is 0. The third-order valence-corrected chi connectivity index (χ3v) is 2.62. The molecule has 3 rings (SSSR count). The average molecular weight is 241 g/mol. The number of fused-ring (bicyclic) bond motifs is 1. The summed E-state index contributed by atoms with van der Waals surface area (Å²) >= 11 is 0. The van der Waals surface area contributed by atoms with E-state index in [4.69, 9.17) is 0 Å². The first-order valence-electron chi connectivity index (χ1n) is 5.48. The van der Waals surface area contributed by atoms with Crippen molar-refractivity contribution in [1.82, 2.24) is 20.0 Å². The molecule has 3 aromatic rings. The van der Waals surface area contributed by atoms with E-state index >= 15 is 0 Å². The van der Waals surface area contributed by atoms with Crippen LogP contribution >= 0.6 is 0 Å². The highest BCUT2D eigenvalue weighted by Crippen LogP contribution is 2.15. The summed E-state index contributed by atoms with van der Waals surface area (Å²) in [6.07, 6.45) is 1.50. The highest BCUT2D eigenvalue weighted by molar-refractivity contribution is 6.05. The van der Waals surface area contributed by atoms with Crippen LogP contribution in [0.15, 0.2) is 36.5 Å². The molecule has 90 valence electrons. The van der Waals surface area contributed by atoms with Gasteiger partial charge in [-0.1, -0.05) is 18.2 Å². The molecule has 2 aromatic heterocycles. The van der Waals surface area contributed by atoms with Crippen molar-refractivity contribution in [2.75, 3.05) is 5.32 Å². The van der Waals surface area contributed by atoms with Gasteiger partial charge in [-0.3, -0.25) is 4.79 Å². The number of amides is 1. The van der Waals surface area contributed by atoms with Crippen LogP contribution in [0.3, 0.4) is 0 Å². The van der Waals surface area contributed by atoms with Crippen LogP contribution in [-0.4, -0.2) is 25.9 Å². The number of carbonyl (C=O) groups excluding carboxylic acids is 1. The number of aryl methyl sites for hydroxylation is 1. The van der Waals surface area contributed by atoms with Crippen molar-refractivity contribution >= 4 is 22.6 Å². The number of para-hydroxylation sites is 1. The fourth-order valence-electron chi connectivity index (χ4n) is 1.78. The van der Waals surface area contributed by atoms with Crippen LogP contribution in [0.4, 0.5) is 5.82 Å². The van der Waals surface area contributed by atoms with Gasteiger partial charge < -0.3 is 10.3 Å². The van der Waals surface area contributed by atoms with Crippen molar-refractivity contribution in [3.05, 3.63) is 42.2 Å². The molecule has 0 aliphatic heterocycles. The Hall–Kier alpha value is -2.63. The number of benzene rings is 1. The predicted octanol–water partition coefficient (Wildman–Crippen LogP) is 1.55. The number of rotatable bonds is 2. The summed E-state index contributed by atoms with van der Waals surface area (Å²) in [5, 5.41) is 11.6. The smallest absolute Gasteiger partial charge is 0.273 e. The van der Waals surface area contributed by atoms with Gasteiger partial charge in [0.2, 0.25) is 0 Å². The van der Waals surface area contributed by atoms with E-state index in [1.165, 1.54) is 11.0 Å². The molecule has 6 nitrogen and oxygen atoms in total. The molecular formula is C12H11N5O. The number of H-pyrrole nitrogens is 1. The zero-order chi connectivity index (χ0) is 12.5. The minimum absolute atomic E-state index is 0.230. The van der Waals surface area contributed by atoms with Gasteiger partial charge >= 0.3 is 0 Å². The number of hydrogen-bond acceptors (Lipinski definition) is 3. The Morgan fingerprint density at radius 2 is 2.22 bits per heavy atom. The highest BCUT2D eigenvalue weighted by Gasteiger charge is 2.10. The molecule has 0 radical (unpaired) electrons. The molecule has 0 saturated heterocycles. The Morgan fingerprint density at radius 3 is 2.94 bits per heavy atom. The fourth-order valence-corrected chi connectivity index (χ4v) is 1.78. The predicted molar refractivity (Wildman–Crippen MR) is 67.3 cm³/mol. The molecule has 0 spiro atoms. The standard InChI is InChI=1S/C12H11N5O/c1-17-13-7-11(16-17)15-12(18)10-6-8-4-2-3-5-9(8)14-10/h2-7,14H,1H3,(H,15,16,18). The minimum Gasteiger partial charge on any atom is -0.351 e. The van der Waals surface area contributed by atoms with E-state index in [1.54, 1.807) is 13.1 Å². The molecule has 0 saturated carbocycles. The molecule has 6 heteroatoms. The molecule has 2 heterocycles. The van der Waals surface area contributed by atoms with Crippen molar-refractivity contribution < 1.29 is 4.79 Å². The molecule has 0 bridgehead atoms. The second-order valence-electron chi connectivity index (χ2n) is 3.94. The maximum Gasteiger partial charge on any atom is 0.273 e. The van der Waals surface area contributed by atoms with Crippen LogP contribution in [0.1, 0.15) is 10.5 Å². The SMILES string of the molecule is Cn1ncc(NC(=O)c2cc3ccccc3[nH]2)n1. The molecular weight excluding hydrogens is 230 g/mol. The zero-order valence-corrected chi connectivity index (χ0v) is 9.71. The maximum absolute atomic E-state index is 12.0. The van der Waals surface area contributed by atoms with Gasteiger partial charge in [-0.2, -0.15) is 9.90 Å². The first kappa shape index (κ1) is 10.5. The number of aromatic amines is 1. The number of aromatic nitrogens is 4. The lowest BCUT2D eigenvalue weighted by molar-refractivity contribution is 0.102. The van der Waals surface area contributed by atoms with E-state index in [-0.39, 0.29) is 5.91 Å². The van der Waals surface area contributed by atoms with Gasteiger partial charge in [0, 0.05) is 18.0 Å². The number of nitrogens with one attached hydrogen (secondary N) is 2. The lowest BCUT2D eigenvalue weighted by atomic mass is 10.2. The summed E-state index contributed by atoms with van der Waals surface area (Å²) in [6.45, 7) is 0. The van der Waals surface area contributed by atoms with E-state index in [2.05, 4.69) is 20.5 Å². The van der Waals surface area contributed by atoms with Gasteiger partial charge in [-0.05, 0) is 12.1 Å². The number of carbonyl (C=O) groups is 1. The summed E-state index contributed by atoms with van der Waals surface area (Å²) in [6, 6.07) is 9.53. The second-order valence-corrected chi connectivity index (χ2v) is 3.94. The van der Waals surface area contributed by atoms with Crippen molar-refractivity contribution in [3.63, 3.8) is 0 Å². The largest absolute Gasteiger partial charge is 0.351 e. The molecule has 1 aromatic carbocycles. The third-order valence-electron chi connectivity index (χ3n) is 2.62. The quantitative estimate of drug-likeness (QED) is 0.714. The van der Waals surface area contributed by atoms with Gasteiger partial charge in [-0.15, -0.1) is 5.10 Å². The normalized spacial score (nSPS) is 10.7. The van der Waals surface area contributed by atoms with Gasteiger partial charge in [0.05, 0.1) is 6.20 Å². The van der Waals surface area contributed by atoms with Crippen LogP contribution < -0.4 is 5.32 Å². The molecule has 0 fully saturated rings. The van der Waals surface area contributed by atoms with Crippen LogP contribution in [0.25, 0.3) is 10.9 Å². The maximum atomic E-state index is 12.0. The van der Waals surface area contributed by atoms with Crippen LogP contribution in [0.2, 0.25) is 0 Å². The Bertz CT molecular complexity index is 679. The molecule has 2 N–H and O–H groups in total. The summed E-state index contributed by atoms with van der Waals surface area (Å²) in [5.41, 5.74) is 1.43. The number of hydrogen-bond donors (Lipinski definition) is 2. The molecule has 0 unspecified atom stereocenters. The summed E-state index contributed by atoms with van der Waals surface area (Å²) in [5.74, 6) is 0.202. The van der Waals surface area contributed by atoms with E-state index in [0.717, 1.165) is 10.9 Å². The van der Waals surface area contributed by atoms with Gasteiger partial charge in [0.1, 0.15) is 5.69 Å².